The summed E-state index contributed by atoms with van der Waals surface area (Å²) in [4.78, 5) is 10.6. The van der Waals surface area contributed by atoms with E-state index < -0.39 is 11.7 Å². The van der Waals surface area contributed by atoms with Crippen molar-refractivity contribution in [3.8, 4) is 5.75 Å². The molecule has 0 aliphatic carbocycles. The van der Waals surface area contributed by atoms with Gasteiger partial charge in [-0.2, -0.15) is 13.2 Å². The number of benzene rings is 1. The molecule has 0 aromatic heterocycles. The van der Waals surface area contributed by atoms with E-state index in [-0.39, 0.29) is 11.3 Å². The van der Waals surface area contributed by atoms with Crippen molar-refractivity contribution < 1.29 is 22.7 Å². The quantitative estimate of drug-likeness (QED) is 0.744. The molecule has 0 N–H and O–H groups in total. The maximum atomic E-state index is 12.3. The normalized spacial score (nSPS) is 11.2. The van der Waals surface area contributed by atoms with Gasteiger partial charge in [-0.25, -0.2) is 0 Å². The number of aldehydes is 1. The molecule has 16 heavy (non-hydrogen) atoms. The minimum atomic E-state index is -4.44. The van der Waals surface area contributed by atoms with Gasteiger partial charge in [0.2, 0.25) is 0 Å². The standard InChI is InChI=1S/C11H11F3O2/c1-2-5-16-10-4-3-9(11(12,13)14)6-8(10)7-15/h3-4,6-7H,2,5H2,1H3. The Morgan fingerprint density at radius 2 is 2.06 bits per heavy atom. The lowest BCUT2D eigenvalue weighted by atomic mass is 10.1. The lowest BCUT2D eigenvalue weighted by Gasteiger charge is -2.11. The molecule has 0 fully saturated rings. The second kappa shape index (κ2) is 5.01. The Bertz CT molecular complexity index is 372. The lowest BCUT2D eigenvalue weighted by Crippen LogP contribution is -2.06. The van der Waals surface area contributed by atoms with Crippen molar-refractivity contribution in [2.24, 2.45) is 0 Å². The average Bonchev–Trinajstić information content (AvgIpc) is 2.24. The van der Waals surface area contributed by atoms with Gasteiger partial charge in [0.25, 0.3) is 0 Å². The summed E-state index contributed by atoms with van der Waals surface area (Å²) in [7, 11) is 0. The molecule has 0 spiro atoms. The molecule has 1 aromatic carbocycles. The van der Waals surface area contributed by atoms with Crippen LogP contribution in [-0.2, 0) is 6.18 Å². The average molecular weight is 232 g/mol. The maximum absolute atomic E-state index is 12.3. The minimum absolute atomic E-state index is 0.0803. The number of hydrogen-bond donors (Lipinski definition) is 0. The summed E-state index contributed by atoms with van der Waals surface area (Å²) in [6.45, 7) is 2.23. The summed E-state index contributed by atoms with van der Waals surface area (Å²) in [6, 6.07) is 2.86. The molecule has 0 bridgehead atoms. The Labute approximate surface area is 91.0 Å². The molecule has 88 valence electrons. The fourth-order valence-electron chi connectivity index (χ4n) is 1.16. The molecular weight excluding hydrogens is 221 g/mol. The van der Waals surface area contributed by atoms with Crippen LogP contribution in [0.3, 0.4) is 0 Å². The highest BCUT2D eigenvalue weighted by Gasteiger charge is 2.31. The number of rotatable bonds is 4. The van der Waals surface area contributed by atoms with Crippen molar-refractivity contribution in [2.75, 3.05) is 6.61 Å². The van der Waals surface area contributed by atoms with Gasteiger partial charge >= 0.3 is 6.18 Å². The van der Waals surface area contributed by atoms with Gasteiger partial charge in [-0.15, -0.1) is 0 Å². The fourth-order valence-corrected chi connectivity index (χ4v) is 1.16. The summed E-state index contributed by atoms with van der Waals surface area (Å²) >= 11 is 0. The summed E-state index contributed by atoms with van der Waals surface area (Å²) in [5.74, 6) is 0.185. The first-order chi connectivity index (χ1) is 7.49. The highest BCUT2D eigenvalue weighted by molar-refractivity contribution is 5.79. The van der Waals surface area contributed by atoms with Gasteiger partial charge in [0, 0.05) is 0 Å². The van der Waals surface area contributed by atoms with Gasteiger partial charge in [0.1, 0.15) is 5.75 Å². The number of ether oxygens (including phenoxy) is 1. The number of halogens is 3. The van der Waals surface area contributed by atoms with E-state index in [2.05, 4.69) is 0 Å². The largest absolute Gasteiger partial charge is 0.493 e. The van der Waals surface area contributed by atoms with Crippen molar-refractivity contribution in [2.45, 2.75) is 19.5 Å². The highest BCUT2D eigenvalue weighted by atomic mass is 19.4. The van der Waals surface area contributed by atoms with E-state index >= 15 is 0 Å². The number of hydrogen-bond acceptors (Lipinski definition) is 2. The third-order valence-corrected chi connectivity index (χ3v) is 1.93. The summed E-state index contributed by atoms with van der Waals surface area (Å²) in [6.07, 6.45) is -3.36. The predicted molar refractivity (Wildman–Crippen MR) is 52.6 cm³/mol. The Hall–Kier alpha value is -1.52. The molecule has 0 amide bonds. The number of alkyl halides is 3. The van der Waals surface area contributed by atoms with E-state index in [1.165, 1.54) is 6.07 Å². The molecule has 1 rings (SSSR count). The van der Waals surface area contributed by atoms with Gasteiger partial charge < -0.3 is 4.74 Å². The summed E-state index contributed by atoms with van der Waals surface area (Å²) < 4.78 is 42.1. The Morgan fingerprint density at radius 1 is 1.38 bits per heavy atom. The zero-order valence-electron chi connectivity index (χ0n) is 8.67. The van der Waals surface area contributed by atoms with Crippen LogP contribution in [0.25, 0.3) is 0 Å². The monoisotopic (exact) mass is 232 g/mol. The maximum Gasteiger partial charge on any atom is 0.416 e. The van der Waals surface area contributed by atoms with Crippen molar-refractivity contribution >= 4 is 6.29 Å². The van der Waals surface area contributed by atoms with E-state index in [1.807, 2.05) is 6.92 Å². The molecule has 0 saturated carbocycles. The zero-order valence-corrected chi connectivity index (χ0v) is 8.67. The number of carbonyl (C=O) groups excluding carboxylic acids is 1. The van der Waals surface area contributed by atoms with Crippen molar-refractivity contribution in [1.29, 1.82) is 0 Å². The van der Waals surface area contributed by atoms with Crippen LogP contribution in [-0.4, -0.2) is 12.9 Å². The molecule has 0 aliphatic heterocycles. The van der Waals surface area contributed by atoms with Gasteiger partial charge in [-0.05, 0) is 24.6 Å². The summed E-state index contributed by atoms with van der Waals surface area (Å²) in [5, 5.41) is 0. The van der Waals surface area contributed by atoms with Crippen LogP contribution in [0.5, 0.6) is 5.75 Å². The van der Waals surface area contributed by atoms with E-state index in [0.29, 0.717) is 12.9 Å². The first-order valence-corrected chi connectivity index (χ1v) is 4.78. The molecule has 2 nitrogen and oxygen atoms in total. The molecule has 1 aromatic rings. The molecule has 0 unspecified atom stereocenters. The minimum Gasteiger partial charge on any atom is -0.493 e. The summed E-state index contributed by atoms with van der Waals surface area (Å²) in [5.41, 5.74) is -0.929. The molecule has 0 atom stereocenters. The van der Waals surface area contributed by atoms with E-state index in [9.17, 15) is 18.0 Å². The Kier molecular flexibility index (Phi) is 3.93. The van der Waals surface area contributed by atoms with E-state index in [4.69, 9.17) is 4.74 Å². The van der Waals surface area contributed by atoms with E-state index in [1.54, 1.807) is 0 Å². The third-order valence-electron chi connectivity index (χ3n) is 1.93. The lowest BCUT2D eigenvalue weighted by molar-refractivity contribution is -0.137. The smallest absolute Gasteiger partial charge is 0.416 e. The molecular formula is C11H11F3O2. The third kappa shape index (κ3) is 2.98. The van der Waals surface area contributed by atoms with Crippen molar-refractivity contribution in [1.82, 2.24) is 0 Å². The van der Waals surface area contributed by atoms with Crippen LogP contribution < -0.4 is 4.74 Å². The topological polar surface area (TPSA) is 26.3 Å². The molecule has 0 radical (unpaired) electrons. The fraction of sp³-hybridized carbons (Fsp3) is 0.364. The van der Waals surface area contributed by atoms with Crippen LogP contribution in [0.2, 0.25) is 0 Å². The Morgan fingerprint density at radius 3 is 2.56 bits per heavy atom. The van der Waals surface area contributed by atoms with Crippen LogP contribution in [0.15, 0.2) is 18.2 Å². The zero-order chi connectivity index (χ0) is 12.2. The highest BCUT2D eigenvalue weighted by Crippen LogP contribution is 2.32. The molecule has 5 heteroatoms. The SMILES string of the molecule is CCCOc1ccc(C(F)(F)F)cc1C=O. The van der Waals surface area contributed by atoms with Crippen LogP contribution in [0, 0.1) is 0 Å². The molecule has 0 heterocycles. The van der Waals surface area contributed by atoms with Crippen LogP contribution in [0.4, 0.5) is 13.2 Å². The van der Waals surface area contributed by atoms with Gasteiger partial charge in [-0.1, -0.05) is 6.92 Å². The Balaban J connectivity index is 3.02. The second-order valence-corrected chi connectivity index (χ2v) is 3.22. The van der Waals surface area contributed by atoms with Crippen LogP contribution in [0.1, 0.15) is 29.3 Å². The van der Waals surface area contributed by atoms with Crippen molar-refractivity contribution in [3.63, 3.8) is 0 Å². The molecule has 0 saturated heterocycles. The van der Waals surface area contributed by atoms with E-state index in [0.717, 1.165) is 18.6 Å². The van der Waals surface area contributed by atoms with Crippen molar-refractivity contribution in [3.05, 3.63) is 29.3 Å². The first kappa shape index (κ1) is 12.5. The van der Waals surface area contributed by atoms with Gasteiger partial charge in [0.15, 0.2) is 6.29 Å². The first-order valence-electron chi connectivity index (χ1n) is 4.78. The second-order valence-electron chi connectivity index (χ2n) is 3.22. The molecule has 0 aliphatic rings. The number of carbonyl (C=O) groups is 1. The van der Waals surface area contributed by atoms with Gasteiger partial charge in [-0.3, -0.25) is 4.79 Å². The van der Waals surface area contributed by atoms with Gasteiger partial charge in [0.05, 0.1) is 17.7 Å². The predicted octanol–water partition coefficient (Wildman–Crippen LogP) is 3.31. The van der Waals surface area contributed by atoms with Crippen LogP contribution >= 0.6 is 0 Å².